The van der Waals surface area contributed by atoms with Crippen molar-refractivity contribution in [3.63, 3.8) is 0 Å². The molecule has 9 heteroatoms. The molecule has 0 bridgehead atoms. The van der Waals surface area contributed by atoms with Crippen molar-refractivity contribution in [2.45, 2.75) is 13.8 Å². The van der Waals surface area contributed by atoms with E-state index in [1.807, 2.05) is 12.1 Å². The summed E-state index contributed by atoms with van der Waals surface area (Å²) in [7, 11) is 1.28. The highest BCUT2D eigenvalue weighted by Crippen LogP contribution is 2.29. The number of benzene rings is 2. The van der Waals surface area contributed by atoms with Crippen LogP contribution in [0.4, 0.5) is 5.69 Å². The molecule has 0 radical (unpaired) electrons. The molecule has 0 spiro atoms. The number of methoxy groups -OCH3 is 1. The summed E-state index contributed by atoms with van der Waals surface area (Å²) in [6, 6.07) is 11.9. The van der Waals surface area contributed by atoms with E-state index >= 15 is 0 Å². The second-order valence-corrected chi connectivity index (χ2v) is 8.02. The van der Waals surface area contributed by atoms with E-state index in [-0.39, 0.29) is 0 Å². The molecule has 1 amide bonds. The van der Waals surface area contributed by atoms with E-state index in [2.05, 4.69) is 15.0 Å². The zero-order chi connectivity index (χ0) is 22.5. The molecule has 0 unspecified atom stereocenters. The number of nitrogens with one attached hydrogen (secondary N) is 1. The molecule has 2 aromatic carbocycles. The van der Waals surface area contributed by atoms with Crippen molar-refractivity contribution >= 4 is 46.5 Å². The zero-order valence-corrected chi connectivity index (χ0v) is 18.6. The van der Waals surface area contributed by atoms with Crippen molar-refractivity contribution in [2.75, 3.05) is 19.0 Å². The third-order valence-electron chi connectivity index (χ3n) is 4.34. The Morgan fingerprint density at radius 1 is 1.06 bits per heavy atom. The summed E-state index contributed by atoms with van der Waals surface area (Å²) in [5.74, 6) is -1.68. The average Bonchev–Trinajstić information content (AvgIpc) is 3.15. The largest absolute Gasteiger partial charge is 0.465 e. The van der Waals surface area contributed by atoms with Gasteiger partial charge in [-0.05, 0) is 43.7 Å². The van der Waals surface area contributed by atoms with Crippen molar-refractivity contribution in [2.24, 2.45) is 0 Å². The fourth-order valence-corrected chi connectivity index (χ4v) is 3.78. The smallest absolute Gasteiger partial charge is 0.350 e. The lowest BCUT2D eigenvalue weighted by Gasteiger charge is -2.10. The minimum Gasteiger partial charge on any atom is -0.465 e. The number of hydrogen-bond acceptors (Lipinski definition) is 7. The lowest BCUT2D eigenvalue weighted by atomic mass is 10.1. The first-order valence-corrected chi connectivity index (χ1v) is 10.4. The Morgan fingerprint density at radius 2 is 1.77 bits per heavy atom. The number of esters is 2. The lowest BCUT2D eigenvalue weighted by Crippen LogP contribution is -2.21. The van der Waals surface area contributed by atoms with E-state index in [0.29, 0.717) is 31.9 Å². The zero-order valence-electron chi connectivity index (χ0n) is 17.0. The van der Waals surface area contributed by atoms with Gasteiger partial charge in [-0.1, -0.05) is 29.8 Å². The van der Waals surface area contributed by atoms with Gasteiger partial charge in [-0.2, -0.15) is 0 Å². The summed E-state index contributed by atoms with van der Waals surface area (Å²) in [6.45, 7) is 3.00. The van der Waals surface area contributed by atoms with Crippen LogP contribution in [0, 0.1) is 13.8 Å². The number of carbonyl (C=O) groups excluding carboxylic acids is 3. The third kappa shape index (κ3) is 5.48. The summed E-state index contributed by atoms with van der Waals surface area (Å²) < 4.78 is 9.84. The number of thiazole rings is 1. The van der Waals surface area contributed by atoms with E-state index in [1.54, 1.807) is 38.1 Å². The van der Waals surface area contributed by atoms with E-state index in [4.69, 9.17) is 16.3 Å². The molecule has 1 N–H and O–H groups in total. The summed E-state index contributed by atoms with van der Waals surface area (Å²) in [5.41, 5.74) is 2.83. The molecule has 0 aliphatic heterocycles. The Hall–Kier alpha value is -3.23. The van der Waals surface area contributed by atoms with Crippen LogP contribution in [0.15, 0.2) is 42.5 Å². The Bertz CT molecular complexity index is 1140. The second-order valence-electron chi connectivity index (χ2n) is 6.59. The number of anilines is 1. The van der Waals surface area contributed by atoms with Crippen LogP contribution in [0.25, 0.3) is 10.6 Å². The summed E-state index contributed by atoms with van der Waals surface area (Å²) >= 11 is 7.08. The molecule has 3 aromatic rings. The predicted molar refractivity (Wildman–Crippen MR) is 119 cm³/mol. The number of carbonyl (C=O) groups is 3. The summed E-state index contributed by atoms with van der Waals surface area (Å²) in [4.78, 5) is 41.1. The molecule has 31 heavy (non-hydrogen) atoms. The van der Waals surface area contributed by atoms with Crippen LogP contribution in [0.1, 0.15) is 31.3 Å². The van der Waals surface area contributed by atoms with Crippen LogP contribution in [0.5, 0.6) is 0 Å². The fourth-order valence-electron chi connectivity index (χ4n) is 2.69. The Balaban J connectivity index is 1.64. The number of rotatable bonds is 6. The van der Waals surface area contributed by atoms with Gasteiger partial charge in [-0.25, -0.2) is 14.6 Å². The minimum absolute atomic E-state index is 0.301. The number of halogens is 1. The van der Waals surface area contributed by atoms with E-state index in [0.717, 1.165) is 11.1 Å². The molecule has 0 fully saturated rings. The van der Waals surface area contributed by atoms with Gasteiger partial charge in [0.2, 0.25) is 0 Å². The first-order valence-electron chi connectivity index (χ1n) is 9.17. The lowest BCUT2D eigenvalue weighted by molar-refractivity contribution is -0.119. The van der Waals surface area contributed by atoms with E-state index in [9.17, 15) is 14.4 Å². The summed E-state index contributed by atoms with van der Waals surface area (Å²) in [6.07, 6.45) is 0. The Labute approximate surface area is 188 Å². The molecule has 0 atom stereocenters. The highest BCUT2D eigenvalue weighted by molar-refractivity contribution is 7.17. The van der Waals surface area contributed by atoms with Gasteiger partial charge in [0.15, 0.2) is 6.61 Å². The maximum atomic E-state index is 12.5. The molecule has 7 nitrogen and oxygen atoms in total. The molecule has 0 aliphatic carbocycles. The fraction of sp³-hybridized carbons (Fsp3) is 0.182. The van der Waals surface area contributed by atoms with Crippen molar-refractivity contribution in [3.05, 3.63) is 69.2 Å². The second kappa shape index (κ2) is 9.72. The maximum Gasteiger partial charge on any atom is 0.350 e. The van der Waals surface area contributed by atoms with E-state index < -0.39 is 24.5 Å². The number of ether oxygens (including phenoxy) is 2. The molecular weight excluding hydrogens is 440 g/mol. The van der Waals surface area contributed by atoms with E-state index in [1.165, 1.54) is 24.5 Å². The van der Waals surface area contributed by atoms with Crippen LogP contribution in [0.3, 0.4) is 0 Å². The van der Waals surface area contributed by atoms with Crippen molar-refractivity contribution in [1.82, 2.24) is 4.98 Å². The molecule has 160 valence electrons. The monoisotopic (exact) mass is 458 g/mol. The van der Waals surface area contributed by atoms with Crippen LogP contribution in [-0.4, -0.2) is 36.5 Å². The highest BCUT2D eigenvalue weighted by atomic mass is 35.5. The Morgan fingerprint density at radius 3 is 2.45 bits per heavy atom. The SMILES string of the molecule is COC(=O)c1ccc(C)c(NC(=O)COC(=O)c2sc(-c3ccc(Cl)cc3)nc2C)c1. The quantitative estimate of drug-likeness (QED) is 0.540. The number of aromatic nitrogens is 1. The van der Waals surface area contributed by atoms with Gasteiger partial charge in [0, 0.05) is 16.3 Å². The number of nitrogens with zero attached hydrogens (tertiary/aromatic N) is 1. The molecule has 1 aromatic heterocycles. The van der Waals surface area contributed by atoms with Gasteiger partial charge in [0.1, 0.15) is 9.88 Å². The van der Waals surface area contributed by atoms with Crippen LogP contribution in [-0.2, 0) is 14.3 Å². The molecule has 1 heterocycles. The topological polar surface area (TPSA) is 94.6 Å². The van der Waals surface area contributed by atoms with Crippen LogP contribution in [0.2, 0.25) is 5.02 Å². The van der Waals surface area contributed by atoms with Crippen molar-refractivity contribution in [3.8, 4) is 10.6 Å². The molecule has 3 rings (SSSR count). The van der Waals surface area contributed by atoms with Crippen molar-refractivity contribution < 1.29 is 23.9 Å². The molecule has 0 aliphatic rings. The molecular formula is C22H19ClN2O5S. The average molecular weight is 459 g/mol. The summed E-state index contributed by atoms with van der Waals surface area (Å²) in [5, 5.41) is 3.90. The minimum atomic E-state index is -0.634. The number of amides is 1. The Kier molecular flexibility index (Phi) is 7.04. The first-order chi connectivity index (χ1) is 14.8. The van der Waals surface area contributed by atoms with Gasteiger partial charge < -0.3 is 14.8 Å². The maximum absolute atomic E-state index is 12.5. The van der Waals surface area contributed by atoms with Gasteiger partial charge in [-0.3, -0.25) is 4.79 Å². The predicted octanol–water partition coefficient (Wildman–Crippen LogP) is 4.66. The third-order valence-corrected chi connectivity index (χ3v) is 5.78. The van der Waals surface area contributed by atoms with Gasteiger partial charge in [0.05, 0.1) is 18.4 Å². The van der Waals surface area contributed by atoms with Gasteiger partial charge >= 0.3 is 11.9 Å². The standard InChI is InChI=1S/C22H19ClN2O5S/c1-12-4-5-15(21(27)29-3)10-17(12)25-18(26)11-30-22(28)19-13(2)24-20(31-19)14-6-8-16(23)9-7-14/h4-10H,11H2,1-3H3,(H,25,26). The molecule has 0 saturated carbocycles. The van der Waals surface area contributed by atoms with Crippen LogP contribution < -0.4 is 5.32 Å². The highest BCUT2D eigenvalue weighted by Gasteiger charge is 2.19. The number of hydrogen-bond donors (Lipinski definition) is 1. The first kappa shape index (κ1) is 22.5. The van der Waals surface area contributed by atoms with Crippen LogP contribution >= 0.6 is 22.9 Å². The van der Waals surface area contributed by atoms with Gasteiger partial charge in [-0.15, -0.1) is 11.3 Å². The van der Waals surface area contributed by atoms with Crippen molar-refractivity contribution in [1.29, 1.82) is 0 Å². The normalized spacial score (nSPS) is 10.5. The van der Waals surface area contributed by atoms with Gasteiger partial charge in [0.25, 0.3) is 5.91 Å². The number of aryl methyl sites for hydroxylation is 2. The molecule has 0 saturated heterocycles.